The molecule has 2 aromatic carbocycles. The molecule has 1 fully saturated rings. The molecule has 5 rings (SSSR count). The molecule has 0 aliphatic carbocycles. The van der Waals surface area contributed by atoms with Crippen molar-refractivity contribution in [3.8, 4) is 5.75 Å². The number of aryl methyl sites for hydroxylation is 1. The van der Waals surface area contributed by atoms with Crippen LogP contribution in [0.15, 0.2) is 42.6 Å². The van der Waals surface area contributed by atoms with Gasteiger partial charge in [0.2, 0.25) is 5.91 Å². The minimum absolute atomic E-state index is 0.0307. The topological polar surface area (TPSA) is 107 Å². The molecule has 12 heteroatoms. The van der Waals surface area contributed by atoms with Crippen LogP contribution in [0.2, 0.25) is 0 Å². The first kappa shape index (κ1) is 25.3. The number of nitrogens with two attached hydrogens (primary N) is 1. The highest BCUT2D eigenvalue weighted by molar-refractivity contribution is 6.10. The largest absolute Gasteiger partial charge is 0.496 e. The highest BCUT2D eigenvalue weighted by Crippen LogP contribution is 2.34. The van der Waals surface area contributed by atoms with Gasteiger partial charge in [-0.05, 0) is 43.2 Å². The number of amides is 2. The number of anilines is 1. The second kappa shape index (κ2) is 9.51. The van der Waals surface area contributed by atoms with E-state index in [1.807, 2.05) is 0 Å². The molecule has 38 heavy (non-hydrogen) atoms. The monoisotopic (exact) mass is 526 g/mol. The maximum atomic E-state index is 13.9. The number of methoxy groups -OCH3 is 1. The van der Waals surface area contributed by atoms with E-state index in [9.17, 15) is 22.8 Å². The van der Waals surface area contributed by atoms with Crippen molar-refractivity contribution in [2.45, 2.75) is 32.0 Å². The summed E-state index contributed by atoms with van der Waals surface area (Å²) >= 11 is 0. The Kier molecular flexibility index (Phi) is 6.33. The first-order valence-corrected chi connectivity index (χ1v) is 12.0. The summed E-state index contributed by atoms with van der Waals surface area (Å²) < 4.78 is 46.7. The molecule has 0 bridgehead atoms. The summed E-state index contributed by atoms with van der Waals surface area (Å²) in [5.41, 5.74) is 7.08. The second-order valence-corrected chi connectivity index (χ2v) is 9.12. The number of nitrogen functional groups attached to an aromatic ring is 1. The van der Waals surface area contributed by atoms with E-state index in [2.05, 4.69) is 10.1 Å². The van der Waals surface area contributed by atoms with Gasteiger partial charge in [-0.2, -0.15) is 18.3 Å². The third kappa shape index (κ3) is 4.46. The zero-order valence-corrected chi connectivity index (χ0v) is 20.7. The number of carbonyl (C=O) groups excluding carboxylic acids is 2. The lowest BCUT2D eigenvalue weighted by molar-refractivity contribution is -0.148. The standard InChI is InChI=1S/C26H25F3N6O3/c1-33-23-18-11-15(7-9-20(18)32-24(30)19(23)13-31-33)25(37)35(34-10-4-3-5-22(34)36)14-16-6-8-17(26(27,28)29)12-21(16)38-2/h6-9,11-13H,3-5,10,14H2,1-2H3,(H2,30,32). The Hall–Kier alpha value is -4.35. The minimum atomic E-state index is -4.55. The fourth-order valence-electron chi connectivity index (χ4n) is 4.77. The molecular weight excluding hydrogens is 501 g/mol. The zero-order chi connectivity index (χ0) is 27.2. The number of hydrogen-bond acceptors (Lipinski definition) is 6. The fourth-order valence-corrected chi connectivity index (χ4v) is 4.77. The van der Waals surface area contributed by atoms with Crippen molar-refractivity contribution >= 4 is 39.4 Å². The van der Waals surface area contributed by atoms with Crippen molar-refractivity contribution in [1.82, 2.24) is 24.8 Å². The summed E-state index contributed by atoms with van der Waals surface area (Å²) in [6, 6.07) is 8.01. The van der Waals surface area contributed by atoms with Gasteiger partial charge in [0, 0.05) is 36.5 Å². The summed E-state index contributed by atoms with van der Waals surface area (Å²) in [7, 11) is 3.02. The average molecular weight is 527 g/mol. The highest BCUT2D eigenvalue weighted by atomic mass is 19.4. The molecular formula is C26H25F3N6O3. The number of hydrogen-bond donors (Lipinski definition) is 1. The van der Waals surface area contributed by atoms with Crippen molar-refractivity contribution in [3.63, 3.8) is 0 Å². The van der Waals surface area contributed by atoms with E-state index in [1.165, 1.54) is 23.2 Å². The molecule has 1 saturated heterocycles. The number of aromatic nitrogens is 3. The first-order valence-electron chi connectivity index (χ1n) is 12.0. The summed E-state index contributed by atoms with van der Waals surface area (Å²) in [5.74, 6) is -0.442. The normalized spacial score (nSPS) is 14.3. The maximum Gasteiger partial charge on any atom is 0.416 e. The molecule has 0 atom stereocenters. The molecule has 0 spiro atoms. The van der Waals surface area contributed by atoms with Crippen LogP contribution in [-0.4, -0.2) is 50.3 Å². The number of pyridine rings is 1. The maximum absolute atomic E-state index is 13.9. The number of piperidine rings is 1. The van der Waals surface area contributed by atoms with Gasteiger partial charge in [-0.15, -0.1) is 0 Å². The van der Waals surface area contributed by atoms with Gasteiger partial charge < -0.3 is 10.5 Å². The fraction of sp³-hybridized carbons (Fsp3) is 0.308. The van der Waals surface area contributed by atoms with Crippen LogP contribution in [-0.2, 0) is 24.6 Å². The van der Waals surface area contributed by atoms with Gasteiger partial charge in [0.1, 0.15) is 11.6 Å². The molecule has 4 aromatic rings. The highest BCUT2D eigenvalue weighted by Gasteiger charge is 2.33. The van der Waals surface area contributed by atoms with E-state index >= 15 is 0 Å². The Bertz CT molecular complexity index is 1570. The van der Waals surface area contributed by atoms with Gasteiger partial charge in [0.05, 0.1) is 41.8 Å². The molecule has 0 saturated carbocycles. The van der Waals surface area contributed by atoms with Crippen LogP contribution >= 0.6 is 0 Å². The molecule has 1 aliphatic rings. The van der Waals surface area contributed by atoms with Gasteiger partial charge in [0.15, 0.2) is 0 Å². The van der Waals surface area contributed by atoms with Crippen molar-refractivity contribution in [3.05, 3.63) is 59.3 Å². The van der Waals surface area contributed by atoms with Crippen LogP contribution in [0.3, 0.4) is 0 Å². The number of fused-ring (bicyclic) bond motifs is 3. The molecule has 9 nitrogen and oxygen atoms in total. The van der Waals surface area contributed by atoms with Gasteiger partial charge in [-0.25, -0.2) is 9.99 Å². The number of nitrogens with zero attached hydrogens (tertiary/aromatic N) is 5. The van der Waals surface area contributed by atoms with Crippen LogP contribution in [0.4, 0.5) is 19.0 Å². The Morgan fingerprint density at radius 1 is 1.16 bits per heavy atom. The molecule has 3 heterocycles. The van der Waals surface area contributed by atoms with Gasteiger partial charge in [-0.1, -0.05) is 6.07 Å². The molecule has 2 amide bonds. The van der Waals surface area contributed by atoms with Crippen molar-refractivity contribution in [2.24, 2.45) is 7.05 Å². The van der Waals surface area contributed by atoms with Gasteiger partial charge in [-0.3, -0.25) is 19.3 Å². The summed E-state index contributed by atoms with van der Waals surface area (Å²) in [4.78, 5) is 31.2. The minimum Gasteiger partial charge on any atom is -0.496 e. The number of carbonyl (C=O) groups is 2. The van der Waals surface area contributed by atoms with E-state index in [4.69, 9.17) is 10.5 Å². The number of halogens is 3. The molecule has 2 aromatic heterocycles. The van der Waals surface area contributed by atoms with Crippen LogP contribution in [0.5, 0.6) is 5.75 Å². The Labute approximate surface area is 215 Å². The van der Waals surface area contributed by atoms with Crippen molar-refractivity contribution < 1.29 is 27.5 Å². The van der Waals surface area contributed by atoms with E-state index in [0.29, 0.717) is 52.6 Å². The third-order valence-corrected chi connectivity index (χ3v) is 6.71. The molecule has 0 unspecified atom stereocenters. The van der Waals surface area contributed by atoms with E-state index < -0.39 is 17.6 Å². The Morgan fingerprint density at radius 2 is 1.95 bits per heavy atom. The summed E-state index contributed by atoms with van der Waals surface area (Å²) in [5, 5.41) is 8.19. The summed E-state index contributed by atoms with van der Waals surface area (Å²) in [6.45, 7) is 0.149. The zero-order valence-electron chi connectivity index (χ0n) is 20.7. The predicted molar refractivity (Wildman–Crippen MR) is 134 cm³/mol. The number of benzene rings is 2. The van der Waals surface area contributed by atoms with Crippen LogP contribution in [0.1, 0.15) is 40.7 Å². The van der Waals surface area contributed by atoms with Gasteiger partial charge in [0.25, 0.3) is 5.91 Å². The van der Waals surface area contributed by atoms with Crippen molar-refractivity contribution in [2.75, 3.05) is 19.4 Å². The lowest BCUT2D eigenvalue weighted by Crippen LogP contribution is -2.51. The van der Waals surface area contributed by atoms with Crippen LogP contribution in [0.25, 0.3) is 21.8 Å². The lowest BCUT2D eigenvalue weighted by atomic mass is 10.1. The van der Waals surface area contributed by atoms with Gasteiger partial charge >= 0.3 is 6.18 Å². The molecule has 198 valence electrons. The average Bonchev–Trinajstić information content (AvgIpc) is 3.29. The quantitative estimate of drug-likeness (QED) is 0.416. The first-order chi connectivity index (χ1) is 18.1. The third-order valence-electron chi connectivity index (χ3n) is 6.71. The Balaban J connectivity index is 1.59. The number of ether oxygens (including phenoxy) is 1. The van der Waals surface area contributed by atoms with E-state index in [-0.39, 0.29) is 30.2 Å². The Morgan fingerprint density at radius 3 is 2.66 bits per heavy atom. The van der Waals surface area contributed by atoms with E-state index in [0.717, 1.165) is 12.1 Å². The van der Waals surface area contributed by atoms with Crippen LogP contribution in [0, 0.1) is 0 Å². The van der Waals surface area contributed by atoms with Crippen LogP contribution < -0.4 is 10.5 Å². The SMILES string of the molecule is COc1cc(C(F)(F)F)ccc1CN(C(=O)c1ccc2nc(N)c3cnn(C)c3c2c1)N1CCCCC1=O. The smallest absolute Gasteiger partial charge is 0.416 e. The summed E-state index contributed by atoms with van der Waals surface area (Å²) in [6.07, 6.45) is -1.30. The van der Waals surface area contributed by atoms with E-state index in [1.54, 1.807) is 36.1 Å². The second-order valence-electron chi connectivity index (χ2n) is 9.12. The predicted octanol–water partition coefficient (Wildman–Crippen LogP) is 4.30. The lowest BCUT2D eigenvalue weighted by Gasteiger charge is -2.37. The molecule has 2 N–H and O–H groups in total. The molecule has 1 aliphatic heterocycles. The van der Waals surface area contributed by atoms with Crippen molar-refractivity contribution in [1.29, 1.82) is 0 Å². The number of rotatable bonds is 5. The number of hydrazine groups is 1. The molecule has 0 radical (unpaired) electrons. The number of alkyl halides is 3.